The molecule has 1 saturated heterocycles. The Bertz CT molecular complexity index is 1480. The van der Waals surface area contributed by atoms with Gasteiger partial charge in [-0.2, -0.15) is 0 Å². The molecule has 1 heterocycles. The number of Topliss-reactive ketones (excluding diaryl/α,β-unsaturated/α-hetero) is 1. The van der Waals surface area contributed by atoms with Crippen molar-refractivity contribution in [1.29, 1.82) is 0 Å². The van der Waals surface area contributed by atoms with Gasteiger partial charge in [-0.25, -0.2) is 22.0 Å². The predicted molar refractivity (Wildman–Crippen MR) is 209 cm³/mol. The van der Waals surface area contributed by atoms with E-state index in [1.807, 2.05) is 27.7 Å². The molecule has 1 unspecified atom stereocenters. The summed E-state index contributed by atoms with van der Waals surface area (Å²) >= 11 is 0. The van der Waals surface area contributed by atoms with E-state index in [9.17, 15) is 41.2 Å². The number of carbonyl (C=O) groups is 5. The third-order valence-electron chi connectivity index (χ3n) is 12.1. The Kier molecular flexibility index (Phi) is 16.7. The van der Waals surface area contributed by atoms with E-state index in [2.05, 4.69) is 27.8 Å². The molecule has 0 spiro atoms. The minimum Gasteiger partial charge on any atom is -0.346 e. The normalized spacial score (nSPS) is 22.4. The van der Waals surface area contributed by atoms with Gasteiger partial charge < -0.3 is 26.2 Å². The highest BCUT2D eigenvalue weighted by Gasteiger charge is 2.50. The highest BCUT2D eigenvalue weighted by molar-refractivity contribution is 7.92. The highest BCUT2D eigenvalue weighted by Crippen LogP contribution is 2.41. The zero-order valence-electron chi connectivity index (χ0n) is 33.9. The zero-order chi connectivity index (χ0) is 41.2. The van der Waals surface area contributed by atoms with Crippen LogP contribution in [0.15, 0.2) is 12.7 Å². The molecule has 0 radical (unpaired) electrons. The van der Waals surface area contributed by atoms with Crippen molar-refractivity contribution in [2.24, 2.45) is 17.3 Å². The highest BCUT2D eigenvalue weighted by atomic mass is 32.2. The van der Waals surface area contributed by atoms with E-state index in [4.69, 9.17) is 0 Å². The van der Waals surface area contributed by atoms with Crippen LogP contribution in [-0.2, 0) is 29.0 Å². The van der Waals surface area contributed by atoms with Gasteiger partial charge in [0.25, 0.3) is 5.91 Å². The van der Waals surface area contributed by atoms with E-state index in [0.717, 1.165) is 38.5 Å². The molecule has 4 atom stereocenters. The van der Waals surface area contributed by atoms with Crippen molar-refractivity contribution in [1.82, 2.24) is 26.2 Å². The number of urea groups is 1. The molecule has 1 aliphatic heterocycles. The lowest BCUT2D eigenvalue weighted by molar-refractivity contribution is -0.145. The lowest BCUT2D eigenvalue weighted by Gasteiger charge is -2.44. The van der Waals surface area contributed by atoms with Crippen LogP contribution in [0.4, 0.5) is 13.6 Å². The van der Waals surface area contributed by atoms with Crippen molar-refractivity contribution in [2.75, 3.05) is 18.8 Å². The van der Waals surface area contributed by atoms with Gasteiger partial charge in [-0.3, -0.25) is 19.2 Å². The van der Waals surface area contributed by atoms with Gasteiger partial charge in [0.05, 0.1) is 16.0 Å². The summed E-state index contributed by atoms with van der Waals surface area (Å²) in [7, 11) is -3.65. The first-order valence-corrected chi connectivity index (χ1v) is 22.0. The van der Waals surface area contributed by atoms with Crippen LogP contribution < -0.4 is 21.3 Å². The molecule has 2 saturated carbocycles. The fourth-order valence-corrected chi connectivity index (χ4v) is 11.0. The summed E-state index contributed by atoms with van der Waals surface area (Å²) in [6, 6.07) is -4.70. The molecule has 0 aromatic carbocycles. The molecule has 5 amide bonds. The lowest BCUT2D eigenvalue weighted by atomic mass is 9.70. The number of rotatable bonds is 19. The van der Waals surface area contributed by atoms with E-state index in [0.29, 0.717) is 51.4 Å². The van der Waals surface area contributed by atoms with E-state index in [1.165, 1.54) is 11.0 Å². The maximum atomic E-state index is 14.9. The third-order valence-corrected chi connectivity index (χ3v) is 14.9. The number of nitrogens with one attached hydrogen (secondary N) is 4. The van der Waals surface area contributed by atoms with Crippen molar-refractivity contribution in [3.05, 3.63) is 12.7 Å². The number of likely N-dealkylation sites (tertiary alicyclic amines) is 1. The second kappa shape index (κ2) is 19.9. The summed E-state index contributed by atoms with van der Waals surface area (Å²) in [5, 5.41) is 10.7. The summed E-state index contributed by atoms with van der Waals surface area (Å²) in [4.78, 5) is 70.1. The number of hydrogen-bond donors (Lipinski definition) is 4. The molecule has 3 fully saturated rings. The van der Waals surface area contributed by atoms with E-state index in [-0.39, 0.29) is 30.7 Å². The van der Waals surface area contributed by atoms with Gasteiger partial charge in [-0.15, -0.1) is 6.58 Å². The quantitative estimate of drug-likeness (QED) is 0.0975. The molecule has 3 rings (SSSR count). The van der Waals surface area contributed by atoms with Gasteiger partial charge in [0, 0.05) is 19.5 Å². The second-order valence-electron chi connectivity index (χ2n) is 17.6. The van der Waals surface area contributed by atoms with Crippen LogP contribution in [0.5, 0.6) is 0 Å². The number of sulfone groups is 1. The number of hydrogen-bond acceptors (Lipinski definition) is 7. The van der Waals surface area contributed by atoms with Crippen LogP contribution in [0, 0.1) is 17.3 Å². The number of halogens is 2. The first kappa shape index (κ1) is 46.3. The number of ketones is 1. The summed E-state index contributed by atoms with van der Waals surface area (Å²) in [6.45, 7) is 14.8. The average Bonchev–Trinajstić information content (AvgIpc) is 3.51. The Morgan fingerprint density at radius 2 is 1.56 bits per heavy atom. The largest absolute Gasteiger partial charge is 0.346 e. The Labute approximate surface area is 327 Å². The monoisotopic (exact) mass is 799 g/mol. The van der Waals surface area contributed by atoms with Crippen LogP contribution in [0.3, 0.4) is 0 Å². The zero-order valence-corrected chi connectivity index (χ0v) is 34.8. The molecule has 314 valence electrons. The minimum absolute atomic E-state index is 0.0736. The Hall–Kier alpha value is -3.10. The SMILES string of the molecule is C=CCNC(=O)C(=O)C(CC(F)F)NC(=O)[C@@H]1[C@@H](CC(C)C)CCN1C(=O)[C@@H](NC(=O)NC1(CS(=O)(=O)C(C)(C)CCC)CCCCC1)C1(C)CCCCC1. The topological polar surface area (TPSA) is 171 Å². The predicted octanol–water partition coefficient (Wildman–Crippen LogP) is 5.60. The molecule has 15 heteroatoms. The molecule has 0 aromatic rings. The van der Waals surface area contributed by atoms with Gasteiger partial charge in [0.1, 0.15) is 18.1 Å². The van der Waals surface area contributed by atoms with Crippen molar-refractivity contribution >= 4 is 39.4 Å². The van der Waals surface area contributed by atoms with Crippen molar-refractivity contribution in [3.63, 3.8) is 0 Å². The fourth-order valence-electron chi connectivity index (χ4n) is 9.00. The molecule has 12 nitrogen and oxygen atoms in total. The minimum atomic E-state index is -3.65. The maximum Gasteiger partial charge on any atom is 0.315 e. The third kappa shape index (κ3) is 12.2. The van der Waals surface area contributed by atoms with Crippen LogP contribution in [0.25, 0.3) is 0 Å². The second-order valence-corrected chi connectivity index (χ2v) is 20.2. The van der Waals surface area contributed by atoms with Crippen LogP contribution in [0.2, 0.25) is 0 Å². The molecular formula is C40H67F2N5O7S. The van der Waals surface area contributed by atoms with Gasteiger partial charge in [0.15, 0.2) is 9.84 Å². The van der Waals surface area contributed by atoms with Crippen molar-refractivity contribution in [2.45, 2.75) is 173 Å². The molecule has 0 bridgehead atoms. The fraction of sp³-hybridized carbons (Fsp3) is 0.825. The Morgan fingerprint density at radius 3 is 2.11 bits per heavy atom. The number of alkyl halides is 2. The number of carbonyl (C=O) groups excluding carboxylic acids is 5. The van der Waals surface area contributed by atoms with Crippen LogP contribution >= 0.6 is 0 Å². The van der Waals surface area contributed by atoms with Gasteiger partial charge in [-0.05, 0) is 76.0 Å². The van der Waals surface area contributed by atoms with Gasteiger partial charge in [0.2, 0.25) is 24.0 Å². The smallest absolute Gasteiger partial charge is 0.315 e. The first-order valence-electron chi connectivity index (χ1n) is 20.3. The van der Waals surface area contributed by atoms with E-state index < -0.39 is 86.0 Å². The van der Waals surface area contributed by atoms with Crippen molar-refractivity contribution in [3.8, 4) is 0 Å². The summed E-state index contributed by atoms with van der Waals surface area (Å²) in [5.41, 5.74) is -1.72. The Morgan fingerprint density at radius 1 is 0.964 bits per heavy atom. The standard InChI is InChI=1S/C40H67F2N5O7S/c1-8-17-38(5,6)55(53,54)26-40(20-14-11-15-21-40)46-37(52)45-33(39(7)18-12-10-13-19-39)36(51)47-23-16-28(24-27(3)4)31(47)34(49)44-29(25-30(41)42)32(48)35(50)43-22-9-2/h9,27-31,33H,2,8,10-26H2,1,3-7H3,(H,43,50)(H,44,49)(H2,45,46,52)/t28-,29?,31+,33-/m1/s1. The van der Waals surface area contributed by atoms with Crippen LogP contribution in [0.1, 0.15) is 138 Å². The number of nitrogens with zero attached hydrogens (tertiary/aromatic N) is 1. The van der Waals surface area contributed by atoms with E-state index in [1.54, 1.807) is 13.8 Å². The molecule has 3 aliphatic rings. The summed E-state index contributed by atoms with van der Waals surface area (Å²) in [5.74, 6) is -4.16. The lowest BCUT2D eigenvalue weighted by Crippen LogP contribution is -2.64. The molecular weight excluding hydrogens is 733 g/mol. The Balaban J connectivity index is 1.97. The van der Waals surface area contributed by atoms with Gasteiger partial charge in [-0.1, -0.05) is 78.7 Å². The molecule has 4 N–H and O–H groups in total. The average molecular weight is 800 g/mol. The first-order chi connectivity index (χ1) is 25.7. The maximum absolute atomic E-state index is 14.9. The summed E-state index contributed by atoms with van der Waals surface area (Å²) < 4.78 is 54.0. The summed E-state index contributed by atoms with van der Waals surface area (Å²) in [6.07, 6.45) is 6.59. The van der Waals surface area contributed by atoms with Crippen molar-refractivity contribution < 1.29 is 41.2 Å². The number of amides is 5. The molecule has 2 aliphatic carbocycles. The van der Waals surface area contributed by atoms with Crippen LogP contribution in [-0.4, -0.2) is 96.5 Å². The van der Waals surface area contributed by atoms with Gasteiger partial charge >= 0.3 is 6.03 Å². The van der Waals surface area contributed by atoms with E-state index >= 15 is 0 Å². The molecule has 0 aromatic heterocycles. The molecule has 55 heavy (non-hydrogen) atoms.